The maximum atomic E-state index is 13.8. The lowest BCUT2D eigenvalue weighted by atomic mass is 10.2. The highest BCUT2D eigenvalue weighted by molar-refractivity contribution is 5.96. The van der Waals surface area contributed by atoms with Gasteiger partial charge in [0.05, 0.1) is 5.69 Å². The van der Waals surface area contributed by atoms with Crippen molar-refractivity contribution >= 4 is 23.4 Å². The van der Waals surface area contributed by atoms with E-state index in [0.717, 1.165) is 25.7 Å². The van der Waals surface area contributed by atoms with E-state index in [1.807, 2.05) is 0 Å². The van der Waals surface area contributed by atoms with E-state index in [4.69, 9.17) is 4.74 Å². The maximum Gasteiger partial charge on any atom is 0.342 e. The molecule has 0 bridgehead atoms. The molecule has 3 rings (SSSR count). The number of aromatic nitrogens is 1. The molecule has 142 valence electrons. The fourth-order valence-corrected chi connectivity index (χ4v) is 2.98. The molecule has 7 heteroatoms. The van der Waals surface area contributed by atoms with Crippen molar-refractivity contribution in [3.05, 3.63) is 54.0 Å². The van der Waals surface area contributed by atoms with Crippen LogP contribution in [0.15, 0.2) is 42.6 Å². The van der Waals surface area contributed by atoms with Gasteiger partial charge in [0, 0.05) is 19.3 Å². The van der Waals surface area contributed by atoms with Gasteiger partial charge in [0.1, 0.15) is 17.2 Å². The third-order valence-corrected chi connectivity index (χ3v) is 4.44. The molecular weight excluding hydrogens is 349 g/mol. The summed E-state index contributed by atoms with van der Waals surface area (Å²) >= 11 is 0. The number of hydrogen-bond donors (Lipinski definition) is 1. The molecule has 2 heterocycles. The predicted molar refractivity (Wildman–Crippen MR) is 99.3 cm³/mol. The first-order chi connectivity index (χ1) is 13.1. The Hall–Kier alpha value is -2.96. The number of halogens is 1. The summed E-state index contributed by atoms with van der Waals surface area (Å²) in [6, 6.07) is 9.20. The predicted octanol–water partition coefficient (Wildman–Crippen LogP) is 3.52. The van der Waals surface area contributed by atoms with Crippen LogP contribution in [0.1, 0.15) is 36.0 Å². The monoisotopic (exact) mass is 371 g/mol. The molecule has 0 radical (unpaired) electrons. The van der Waals surface area contributed by atoms with Gasteiger partial charge < -0.3 is 15.0 Å². The zero-order chi connectivity index (χ0) is 19.1. The Morgan fingerprint density at radius 2 is 1.81 bits per heavy atom. The van der Waals surface area contributed by atoms with Crippen molar-refractivity contribution < 1.29 is 18.7 Å². The first-order valence-electron chi connectivity index (χ1n) is 9.06. The minimum Gasteiger partial charge on any atom is -0.452 e. The second-order valence-corrected chi connectivity index (χ2v) is 6.38. The lowest BCUT2D eigenvalue weighted by Gasteiger charge is -2.20. The Balaban J connectivity index is 1.64. The van der Waals surface area contributed by atoms with Crippen molar-refractivity contribution in [1.82, 2.24) is 9.88 Å². The molecular formula is C20H22FN3O3. The Bertz CT molecular complexity index is 805. The van der Waals surface area contributed by atoms with Gasteiger partial charge in [0.2, 0.25) is 0 Å². The first-order valence-corrected chi connectivity index (χ1v) is 9.06. The van der Waals surface area contributed by atoms with Crippen molar-refractivity contribution in [1.29, 1.82) is 0 Å². The fraction of sp³-hybridized carbons (Fsp3) is 0.350. The van der Waals surface area contributed by atoms with Gasteiger partial charge in [-0.05, 0) is 37.1 Å². The number of para-hydroxylation sites is 1. The normalized spacial score (nSPS) is 14.3. The van der Waals surface area contributed by atoms with Gasteiger partial charge in [-0.3, -0.25) is 4.79 Å². The van der Waals surface area contributed by atoms with E-state index >= 15 is 0 Å². The van der Waals surface area contributed by atoms with Gasteiger partial charge in [-0.2, -0.15) is 0 Å². The van der Waals surface area contributed by atoms with Crippen LogP contribution in [0, 0.1) is 5.82 Å². The molecule has 0 saturated carbocycles. The first kappa shape index (κ1) is 18.8. The van der Waals surface area contributed by atoms with E-state index < -0.39 is 11.8 Å². The van der Waals surface area contributed by atoms with Crippen molar-refractivity contribution in [3.8, 4) is 0 Å². The molecule has 1 amide bonds. The summed E-state index contributed by atoms with van der Waals surface area (Å²) in [4.78, 5) is 30.5. The molecule has 2 aromatic rings. The summed E-state index contributed by atoms with van der Waals surface area (Å²) in [6.45, 7) is 1.08. The number of hydrogen-bond acceptors (Lipinski definition) is 5. The molecule has 1 aromatic carbocycles. The van der Waals surface area contributed by atoms with Gasteiger partial charge in [-0.15, -0.1) is 0 Å². The standard InChI is InChI=1S/C20H22FN3O3/c21-16-9-3-4-10-17(16)23-19-15(8-7-11-22-19)20(26)27-14-18(25)24-12-5-1-2-6-13-24/h3-4,7-11H,1-2,5-6,12-14H2,(H,22,23). The Kier molecular flexibility index (Phi) is 6.35. The second kappa shape index (κ2) is 9.12. The SMILES string of the molecule is O=C(OCC(=O)N1CCCCCC1)c1cccnc1Nc1ccccc1F. The topological polar surface area (TPSA) is 71.5 Å². The molecule has 27 heavy (non-hydrogen) atoms. The summed E-state index contributed by atoms with van der Waals surface area (Å²) in [6.07, 6.45) is 5.66. The number of benzene rings is 1. The molecule has 1 N–H and O–H groups in total. The number of esters is 1. The number of rotatable bonds is 5. The summed E-state index contributed by atoms with van der Waals surface area (Å²) in [5.74, 6) is -1.16. The van der Waals surface area contributed by atoms with E-state index in [1.54, 1.807) is 29.2 Å². The third-order valence-electron chi connectivity index (χ3n) is 4.44. The third kappa shape index (κ3) is 5.03. The number of carbonyl (C=O) groups is 2. The van der Waals surface area contributed by atoms with Crippen LogP contribution in [0.3, 0.4) is 0 Å². The summed E-state index contributed by atoms with van der Waals surface area (Å²) in [5.41, 5.74) is 0.343. The molecule has 6 nitrogen and oxygen atoms in total. The number of carbonyl (C=O) groups excluding carboxylic acids is 2. The van der Waals surface area contributed by atoms with Gasteiger partial charge in [-0.1, -0.05) is 25.0 Å². The zero-order valence-electron chi connectivity index (χ0n) is 15.0. The van der Waals surface area contributed by atoms with Crippen LogP contribution in [0.2, 0.25) is 0 Å². The smallest absolute Gasteiger partial charge is 0.342 e. The van der Waals surface area contributed by atoms with Crippen molar-refractivity contribution in [2.45, 2.75) is 25.7 Å². The molecule has 1 aliphatic heterocycles. The van der Waals surface area contributed by atoms with Crippen LogP contribution in [-0.4, -0.2) is 41.5 Å². The zero-order valence-corrected chi connectivity index (χ0v) is 15.0. The van der Waals surface area contributed by atoms with Gasteiger partial charge in [-0.25, -0.2) is 14.2 Å². The summed E-state index contributed by atoms with van der Waals surface area (Å²) in [5, 5.41) is 2.80. The minimum absolute atomic E-state index is 0.143. The number of pyridine rings is 1. The average molecular weight is 371 g/mol. The van der Waals surface area contributed by atoms with Crippen molar-refractivity contribution in [3.63, 3.8) is 0 Å². The number of nitrogens with one attached hydrogen (secondary N) is 1. The van der Waals surface area contributed by atoms with E-state index in [-0.39, 0.29) is 29.6 Å². The van der Waals surface area contributed by atoms with E-state index in [0.29, 0.717) is 13.1 Å². The minimum atomic E-state index is -0.676. The maximum absolute atomic E-state index is 13.8. The van der Waals surface area contributed by atoms with Crippen LogP contribution in [0.5, 0.6) is 0 Å². The molecule has 0 spiro atoms. The second-order valence-electron chi connectivity index (χ2n) is 6.38. The molecule has 1 aromatic heterocycles. The van der Waals surface area contributed by atoms with Crippen molar-refractivity contribution in [2.75, 3.05) is 25.0 Å². The lowest BCUT2D eigenvalue weighted by Crippen LogP contribution is -2.35. The Labute approximate surface area is 157 Å². The highest BCUT2D eigenvalue weighted by atomic mass is 19.1. The number of amides is 1. The van der Waals surface area contributed by atoms with E-state index in [2.05, 4.69) is 10.3 Å². The van der Waals surface area contributed by atoms with Crippen molar-refractivity contribution in [2.24, 2.45) is 0 Å². The van der Waals surface area contributed by atoms with Gasteiger partial charge in [0.25, 0.3) is 5.91 Å². The fourth-order valence-electron chi connectivity index (χ4n) is 2.98. The van der Waals surface area contributed by atoms with E-state index in [1.165, 1.54) is 18.3 Å². The highest BCUT2D eigenvalue weighted by Crippen LogP contribution is 2.21. The quantitative estimate of drug-likeness (QED) is 0.814. The Morgan fingerprint density at radius 3 is 2.56 bits per heavy atom. The number of nitrogens with zero attached hydrogens (tertiary/aromatic N) is 2. The van der Waals surface area contributed by atoms with Gasteiger partial charge in [0.15, 0.2) is 6.61 Å². The summed E-state index contributed by atoms with van der Waals surface area (Å²) in [7, 11) is 0. The number of likely N-dealkylation sites (tertiary alicyclic amines) is 1. The molecule has 1 saturated heterocycles. The van der Waals surface area contributed by atoms with Crippen LogP contribution >= 0.6 is 0 Å². The van der Waals surface area contributed by atoms with Crippen LogP contribution in [-0.2, 0) is 9.53 Å². The van der Waals surface area contributed by atoms with E-state index in [9.17, 15) is 14.0 Å². The highest BCUT2D eigenvalue weighted by Gasteiger charge is 2.20. The molecule has 1 fully saturated rings. The Morgan fingerprint density at radius 1 is 1.07 bits per heavy atom. The number of ether oxygens (including phenoxy) is 1. The largest absolute Gasteiger partial charge is 0.452 e. The van der Waals surface area contributed by atoms with Crippen LogP contribution in [0.4, 0.5) is 15.9 Å². The van der Waals surface area contributed by atoms with Gasteiger partial charge >= 0.3 is 5.97 Å². The van der Waals surface area contributed by atoms with Crippen LogP contribution in [0.25, 0.3) is 0 Å². The number of anilines is 2. The average Bonchev–Trinajstić information content (AvgIpc) is 2.98. The van der Waals surface area contributed by atoms with Crippen LogP contribution < -0.4 is 5.32 Å². The molecule has 0 aliphatic carbocycles. The molecule has 0 atom stereocenters. The lowest BCUT2D eigenvalue weighted by molar-refractivity contribution is -0.134. The molecule has 0 unspecified atom stereocenters. The summed E-state index contributed by atoms with van der Waals surface area (Å²) < 4.78 is 19.0. The molecule has 1 aliphatic rings.